The number of piperazine rings is 1. The summed E-state index contributed by atoms with van der Waals surface area (Å²) >= 11 is 6.13. The van der Waals surface area contributed by atoms with E-state index in [-0.39, 0.29) is 6.03 Å². The van der Waals surface area contributed by atoms with Crippen LogP contribution >= 0.6 is 11.6 Å². The Morgan fingerprint density at radius 3 is 2.40 bits per heavy atom. The number of nitrogens with one attached hydrogen (secondary N) is 2. The lowest BCUT2D eigenvalue weighted by Crippen LogP contribution is -2.50. The summed E-state index contributed by atoms with van der Waals surface area (Å²) in [5.41, 5.74) is 2.58. The number of carbonyl (C=O) groups is 1. The van der Waals surface area contributed by atoms with Gasteiger partial charge in [0.25, 0.3) is 0 Å². The zero-order valence-electron chi connectivity index (χ0n) is 16.5. The van der Waals surface area contributed by atoms with Gasteiger partial charge in [-0.2, -0.15) is 0 Å². The average Bonchev–Trinajstić information content (AvgIpc) is 2.78. The molecule has 0 spiro atoms. The third-order valence-electron chi connectivity index (χ3n) is 4.92. The van der Waals surface area contributed by atoms with E-state index < -0.39 is 0 Å². The number of nitrogens with zero attached hydrogens (tertiary/aromatic N) is 5. The second-order valence-electron chi connectivity index (χ2n) is 7.01. The number of hydrogen-bond donors (Lipinski definition) is 2. The Hall–Kier alpha value is -3.39. The number of benzene rings is 1. The maximum atomic E-state index is 12.5. The van der Waals surface area contributed by atoms with Crippen molar-refractivity contribution >= 4 is 40.6 Å². The van der Waals surface area contributed by atoms with E-state index in [2.05, 4.69) is 30.7 Å². The fourth-order valence-electron chi connectivity index (χ4n) is 3.16. The van der Waals surface area contributed by atoms with E-state index in [1.54, 1.807) is 23.4 Å². The molecule has 3 aromatic rings. The largest absolute Gasteiger partial charge is 0.352 e. The second kappa shape index (κ2) is 8.96. The molecule has 30 heavy (non-hydrogen) atoms. The van der Waals surface area contributed by atoms with Crippen molar-refractivity contribution in [3.8, 4) is 0 Å². The fraction of sp³-hybridized carbons (Fsp3) is 0.238. The monoisotopic (exact) mass is 423 g/mol. The van der Waals surface area contributed by atoms with Crippen LogP contribution in [0.1, 0.15) is 5.56 Å². The molecule has 8 nitrogen and oxygen atoms in total. The molecule has 1 saturated heterocycles. The Morgan fingerprint density at radius 2 is 1.73 bits per heavy atom. The minimum Gasteiger partial charge on any atom is -0.352 e. The maximum absolute atomic E-state index is 12.5. The van der Waals surface area contributed by atoms with Gasteiger partial charge in [-0.25, -0.2) is 4.79 Å². The van der Waals surface area contributed by atoms with Gasteiger partial charge in [-0.05, 0) is 48.9 Å². The number of carbonyl (C=O) groups excluding carboxylic acids is 1. The number of halogens is 1. The fourth-order valence-corrected chi connectivity index (χ4v) is 3.34. The average molecular weight is 424 g/mol. The molecule has 154 valence electrons. The Bertz CT molecular complexity index is 1010. The maximum Gasteiger partial charge on any atom is 0.321 e. The van der Waals surface area contributed by atoms with Crippen LogP contribution in [0.4, 0.5) is 27.8 Å². The molecule has 1 aromatic carbocycles. The third kappa shape index (κ3) is 4.77. The first-order valence-corrected chi connectivity index (χ1v) is 10.0. The molecule has 0 radical (unpaired) electrons. The molecule has 1 fully saturated rings. The highest BCUT2D eigenvalue weighted by molar-refractivity contribution is 6.31. The summed E-state index contributed by atoms with van der Waals surface area (Å²) in [4.78, 5) is 20.4. The highest BCUT2D eigenvalue weighted by Crippen LogP contribution is 2.21. The van der Waals surface area contributed by atoms with Crippen LogP contribution in [0.15, 0.2) is 54.9 Å². The molecular formula is C21H22ClN7O. The predicted octanol–water partition coefficient (Wildman–Crippen LogP) is 3.93. The van der Waals surface area contributed by atoms with Gasteiger partial charge in [0, 0.05) is 55.0 Å². The number of rotatable bonds is 4. The number of anilines is 4. The smallest absolute Gasteiger partial charge is 0.321 e. The van der Waals surface area contributed by atoms with Gasteiger partial charge in [0.2, 0.25) is 0 Å². The number of pyridine rings is 1. The zero-order valence-corrected chi connectivity index (χ0v) is 17.3. The zero-order chi connectivity index (χ0) is 20.9. The number of amides is 2. The summed E-state index contributed by atoms with van der Waals surface area (Å²) in [6.45, 7) is 4.51. The van der Waals surface area contributed by atoms with Crippen molar-refractivity contribution in [1.82, 2.24) is 20.1 Å². The summed E-state index contributed by atoms with van der Waals surface area (Å²) < 4.78 is 0. The molecule has 0 bridgehead atoms. The van der Waals surface area contributed by atoms with E-state index in [0.29, 0.717) is 42.7 Å². The Labute approximate surface area is 179 Å². The van der Waals surface area contributed by atoms with Crippen LogP contribution in [0, 0.1) is 6.92 Å². The minimum absolute atomic E-state index is 0.127. The molecule has 1 aliphatic heterocycles. The van der Waals surface area contributed by atoms with Crippen LogP contribution in [0.3, 0.4) is 0 Å². The van der Waals surface area contributed by atoms with E-state index in [9.17, 15) is 4.79 Å². The first-order valence-electron chi connectivity index (χ1n) is 9.66. The molecule has 0 unspecified atom stereocenters. The molecule has 2 N–H and O–H groups in total. The van der Waals surface area contributed by atoms with Gasteiger partial charge in [-0.3, -0.25) is 4.98 Å². The van der Waals surface area contributed by atoms with Gasteiger partial charge in [0.15, 0.2) is 11.6 Å². The van der Waals surface area contributed by atoms with E-state index in [1.807, 2.05) is 43.3 Å². The summed E-state index contributed by atoms with van der Waals surface area (Å²) in [7, 11) is 0. The van der Waals surface area contributed by atoms with Crippen molar-refractivity contribution < 1.29 is 4.79 Å². The van der Waals surface area contributed by atoms with Gasteiger partial charge in [-0.15, -0.1) is 10.2 Å². The normalized spacial score (nSPS) is 13.8. The van der Waals surface area contributed by atoms with Gasteiger partial charge < -0.3 is 20.4 Å². The van der Waals surface area contributed by atoms with Crippen LogP contribution in [-0.4, -0.2) is 52.3 Å². The van der Waals surface area contributed by atoms with E-state index in [0.717, 1.165) is 17.1 Å². The van der Waals surface area contributed by atoms with Crippen LogP contribution < -0.4 is 15.5 Å². The minimum atomic E-state index is -0.127. The highest BCUT2D eigenvalue weighted by Gasteiger charge is 2.22. The second-order valence-corrected chi connectivity index (χ2v) is 7.41. The topological polar surface area (TPSA) is 86.3 Å². The van der Waals surface area contributed by atoms with Crippen molar-refractivity contribution in [2.75, 3.05) is 41.7 Å². The van der Waals surface area contributed by atoms with Crippen molar-refractivity contribution in [2.24, 2.45) is 0 Å². The van der Waals surface area contributed by atoms with Gasteiger partial charge in [0.1, 0.15) is 0 Å². The molecule has 4 rings (SSSR count). The lowest BCUT2D eigenvalue weighted by Gasteiger charge is -2.35. The van der Waals surface area contributed by atoms with Crippen LogP contribution in [0.25, 0.3) is 0 Å². The van der Waals surface area contributed by atoms with Crippen LogP contribution in [0.5, 0.6) is 0 Å². The lowest BCUT2D eigenvalue weighted by molar-refractivity contribution is 0.208. The Morgan fingerprint density at radius 1 is 0.967 bits per heavy atom. The van der Waals surface area contributed by atoms with E-state index in [4.69, 9.17) is 11.6 Å². The van der Waals surface area contributed by atoms with Crippen molar-refractivity contribution in [3.63, 3.8) is 0 Å². The van der Waals surface area contributed by atoms with Crippen LogP contribution in [-0.2, 0) is 0 Å². The van der Waals surface area contributed by atoms with E-state index in [1.165, 1.54) is 0 Å². The van der Waals surface area contributed by atoms with Crippen molar-refractivity contribution in [2.45, 2.75) is 6.92 Å². The molecule has 1 aliphatic rings. The molecule has 2 aromatic heterocycles. The third-order valence-corrected chi connectivity index (χ3v) is 5.32. The van der Waals surface area contributed by atoms with Crippen LogP contribution in [0.2, 0.25) is 5.02 Å². The lowest BCUT2D eigenvalue weighted by atomic mass is 10.2. The summed E-state index contributed by atoms with van der Waals surface area (Å²) in [6, 6.07) is 12.9. The SMILES string of the molecule is Cc1ccc(NC(=O)N2CCN(c3ccc(Nc4ccncc4)nn3)CC2)cc1Cl. The van der Waals surface area contributed by atoms with Crippen molar-refractivity contribution in [1.29, 1.82) is 0 Å². The molecule has 3 heterocycles. The molecule has 0 aliphatic carbocycles. The van der Waals surface area contributed by atoms with Gasteiger partial charge >= 0.3 is 6.03 Å². The van der Waals surface area contributed by atoms with Crippen molar-refractivity contribution in [3.05, 3.63) is 65.4 Å². The number of aromatic nitrogens is 3. The molecule has 0 saturated carbocycles. The van der Waals surface area contributed by atoms with Gasteiger partial charge in [-0.1, -0.05) is 17.7 Å². The summed E-state index contributed by atoms with van der Waals surface area (Å²) in [5, 5.41) is 15.3. The summed E-state index contributed by atoms with van der Waals surface area (Å²) in [5.74, 6) is 1.46. The number of aryl methyl sites for hydroxylation is 1. The number of hydrogen-bond acceptors (Lipinski definition) is 6. The molecular weight excluding hydrogens is 402 g/mol. The Balaban J connectivity index is 1.30. The first-order chi connectivity index (χ1) is 14.6. The Kier molecular flexibility index (Phi) is 5.94. The highest BCUT2D eigenvalue weighted by atomic mass is 35.5. The van der Waals surface area contributed by atoms with E-state index >= 15 is 0 Å². The van der Waals surface area contributed by atoms with Gasteiger partial charge in [0.05, 0.1) is 0 Å². The molecule has 2 amide bonds. The first kappa shape index (κ1) is 19.9. The molecule has 9 heteroatoms. The molecule has 0 atom stereocenters. The predicted molar refractivity (Wildman–Crippen MR) is 119 cm³/mol. The summed E-state index contributed by atoms with van der Waals surface area (Å²) in [6.07, 6.45) is 3.43. The quantitative estimate of drug-likeness (QED) is 0.661. The number of urea groups is 1. The standard InChI is InChI=1S/C21H22ClN7O/c1-15-2-3-17(14-18(15)22)25-21(30)29-12-10-28(11-13-29)20-5-4-19(26-27-20)24-16-6-8-23-9-7-16/h2-9,14H,10-13H2,1H3,(H,25,30)(H,23,24,26).